The van der Waals surface area contributed by atoms with E-state index in [1.165, 1.54) is 13.0 Å². The Balaban J connectivity index is -0.0000000175. The summed E-state index contributed by atoms with van der Waals surface area (Å²) in [6.07, 6.45) is 3.15. The van der Waals surface area contributed by atoms with Gasteiger partial charge in [0.05, 0.1) is 11.3 Å². The lowest BCUT2D eigenvalue weighted by Crippen LogP contribution is -1.98. The smallest absolute Gasteiger partial charge is 0.245 e. The molecule has 3 nitrogen and oxygen atoms in total. The maximum Gasteiger partial charge on any atom is 0.245 e. The number of rotatable bonds is 3. The van der Waals surface area contributed by atoms with Crippen LogP contribution in [0.3, 0.4) is 0 Å². The molecule has 0 radical (unpaired) electrons. The Morgan fingerprint density at radius 1 is 1.00 bits per heavy atom. The van der Waals surface area contributed by atoms with Gasteiger partial charge >= 0.3 is 0 Å². The van der Waals surface area contributed by atoms with Crippen LogP contribution in [0.15, 0.2) is 24.5 Å². The number of carbonyl (C=O) groups excluding carboxylic acids is 2. The first-order chi connectivity index (χ1) is 9.76. The zero-order valence-corrected chi connectivity index (χ0v) is 16.6. The van der Waals surface area contributed by atoms with E-state index in [2.05, 4.69) is 12.6 Å². The minimum absolute atomic E-state index is 0. The Labute approximate surface area is 180 Å². The maximum atomic E-state index is 10.3. The largest absolute Gasteiger partial charge is 0.471 e. The van der Waals surface area contributed by atoms with Gasteiger partial charge in [0.1, 0.15) is 5.78 Å². The summed E-state index contributed by atoms with van der Waals surface area (Å²) in [6.45, 7) is 11.9. The zero-order chi connectivity index (χ0) is 17.8. The molecule has 0 saturated carbocycles. The van der Waals surface area contributed by atoms with E-state index in [0.717, 1.165) is 5.76 Å². The Morgan fingerprint density at radius 2 is 1.30 bits per heavy atom. The highest BCUT2D eigenvalue weighted by Crippen LogP contribution is 1.94. The number of hydrogen-bond acceptors (Lipinski definition) is 3. The van der Waals surface area contributed by atoms with Gasteiger partial charge in [0.25, 0.3) is 0 Å². The summed E-state index contributed by atoms with van der Waals surface area (Å²) in [5, 5.41) is 0. The molecule has 0 amide bonds. The van der Waals surface area contributed by atoms with Gasteiger partial charge in [-0.2, -0.15) is 12.0 Å². The van der Waals surface area contributed by atoms with Crippen LogP contribution in [0.4, 0.5) is 0 Å². The van der Waals surface area contributed by atoms with Gasteiger partial charge in [0.15, 0.2) is 5.78 Å². The molecule has 0 aliphatic heterocycles. The molecule has 0 saturated heterocycles. The Kier molecular flexibility index (Phi) is 133. The third-order valence-corrected chi connectivity index (χ3v) is 3.12. The first-order valence-electron chi connectivity index (χ1n) is 5.94. The molecule has 1 unspecified atom stereocenters. The summed E-state index contributed by atoms with van der Waals surface area (Å²) in [5.41, 5.74) is 0.0694. The van der Waals surface area contributed by atoms with Crippen LogP contribution < -0.4 is 0 Å². The summed E-state index contributed by atoms with van der Waals surface area (Å²) >= 11 is 0. The van der Waals surface area contributed by atoms with Crippen molar-refractivity contribution in [1.29, 1.82) is 0 Å². The predicted octanol–water partition coefficient (Wildman–Crippen LogP) is 5.87. The molecule has 0 aliphatic rings. The van der Waals surface area contributed by atoms with Gasteiger partial charge in [0, 0.05) is 0 Å². The van der Waals surface area contributed by atoms with Crippen LogP contribution in [-0.4, -0.2) is 39.4 Å². The van der Waals surface area contributed by atoms with Crippen molar-refractivity contribution in [3.63, 3.8) is 0 Å². The topological polar surface area (TPSA) is 43.4 Å². The van der Waals surface area contributed by atoms with Gasteiger partial charge < -0.3 is 4.43 Å². The van der Waals surface area contributed by atoms with Crippen molar-refractivity contribution in [2.24, 2.45) is 0 Å². The average Bonchev–Trinajstić information content (AvgIpc) is 2.49. The number of Topliss-reactive ketones (excluding diaryl/α,β-unsaturated/α-hetero) is 1. The summed E-state index contributed by atoms with van der Waals surface area (Å²) in [7, 11) is 2.26. The van der Waals surface area contributed by atoms with Crippen LogP contribution in [0.1, 0.15) is 79.2 Å². The molecule has 0 heterocycles. The molecule has 0 spiro atoms. The quantitative estimate of drug-likeness (QED) is 0.318. The molecule has 27 heavy (non-hydrogen) atoms. The first kappa shape index (κ1) is 63.7. The van der Waals surface area contributed by atoms with E-state index in [0.29, 0.717) is 0 Å². The monoisotopic (exact) mass is 432 g/mol. The molecular formula is C21H48O3Si3. The molecular weight excluding hydrogens is 384 g/mol. The highest BCUT2D eigenvalue weighted by Gasteiger charge is 1.98. The summed E-state index contributed by atoms with van der Waals surface area (Å²) in [4.78, 5) is 20.0. The molecule has 0 aromatic heterocycles. The minimum Gasteiger partial charge on any atom is -0.471 e. The van der Waals surface area contributed by atoms with E-state index < -0.39 is 0 Å². The van der Waals surface area contributed by atoms with Crippen molar-refractivity contribution in [1.82, 2.24) is 0 Å². The van der Waals surface area contributed by atoms with E-state index in [4.69, 9.17) is 16.4 Å². The maximum absolute atomic E-state index is 10.3. The van der Waals surface area contributed by atoms with Crippen LogP contribution in [0.25, 0.3) is 0 Å². The van der Waals surface area contributed by atoms with Crippen LogP contribution in [0, 0.1) is 18.0 Å². The standard InChI is InChI=1S/2C5H8OSi.C4H6O.CH2Si.6CH4/c1-4-5(2)6-7-3;1-4(6)5(2)7-3;1-3-4(2)5;1-2;;;;;;/h3-4H,1-2H3;3,5H,1-2H3;3H,1H2,2H3;1-2H;6*1H4/b5-4+;;;;;;;;;. The average molecular weight is 433 g/mol. The minimum atomic E-state index is 0. The number of allylic oxidation sites excluding steroid dienone is 3. The molecule has 162 valence electrons. The molecule has 0 fully saturated rings. The number of carbonyl (C=O) groups is 2. The summed E-state index contributed by atoms with van der Waals surface area (Å²) < 4.78 is 4.86. The normalized spacial score (nSPS) is 7.07. The lowest BCUT2D eigenvalue weighted by molar-refractivity contribution is -0.116. The Bertz CT molecular complexity index is 440. The Hall–Kier alpha value is -1.39. The molecule has 0 aromatic rings. The highest BCUT2D eigenvalue weighted by molar-refractivity contribution is 6.32. The first-order valence-corrected chi connectivity index (χ1v) is 8.75. The fourth-order valence-electron chi connectivity index (χ4n) is 0.269. The van der Waals surface area contributed by atoms with Crippen LogP contribution in [-0.2, 0) is 14.0 Å². The fraction of sp³-hybridized carbons (Fsp3) is 0.571. The second-order valence-electron chi connectivity index (χ2n) is 3.43. The van der Waals surface area contributed by atoms with Gasteiger partial charge in [-0.3, -0.25) is 9.59 Å². The molecule has 1 atom stereocenters. The number of ketones is 2. The molecule has 0 N–H and O–H groups in total. The van der Waals surface area contributed by atoms with Crippen molar-refractivity contribution >= 4 is 39.4 Å². The fourth-order valence-corrected chi connectivity index (χ4v) is 0.808. The van der Waals surface area contributed by atoms with Crippen molar-refractivity contribution in [2.45, 2.75) is 84.7 Å². The van der Waals surface area contributed by atoms with Gasteiger partial charge in [-0.05, 0) is 59.3 Å². The summed E-state index contributed by atoms with van der Waals surface area (Å²) in [5.74, 6) is 1.09. The Morgan fingerprint density at radius 3 is 1.33 bits per heavy atom. The third-order valence-electron chi connectivity index (χ3n) is 1.77. The second-order valence-corrected chi connectivity index (χ2v) is 5.07. The highest BCUT2D eigenvalue weighted by atomic mass is 28.2. The number of hydrogen-bond donors (Lipinski definition) is 0. The van der Waals surface area contributed by atoms with Crippen molar-refractivity contribution in [2.75, 3.05) is 0 Å². The van der Waals surface area contributed by atoms with E-state index in [1.807, 2.05) is 36.5 Å². The van der Waals surface area contributed by atoms with Crippen molar-refractivity contribution < 1.29 is 14.0 Å². The van der Waals surface area contributed by atoms with Gasteiger partial charge in [-0.15, -0.1) is 6.00 Å². The van der Waals surface area contributed by atoms with Gasteiger partial charge in [-0.25, -0.2) is 0 Å². The molecule has 0 aromatic carbocycles. The predicted molar refractivity (Wildman–Crippen MR) is 135 cm³/mol. The van der Waals surface area contributed by atoms with E-state index >= 15 is 0 Å². The zero-order valence-electron chi connectivity index (χ0n) is 13.5. The molecule has 6 heteroatoms. The summed E-state index contributed by atoms with van der Waals surface area (Å²) in [6, 6.07) is 14.7. The van der Waals surface area contributed by atoms with Gasteiger partial charge in [0.2, 0.25) is 9.20 Å². The van der Waals surface area contributed by atoms with Crippen LogP contribution in [0.5, 0.6) is 0 Å². The van der Waals surface area contributed by atoms with Crippen LogP contribution >= 0.6 is 0 Å². The van der Waals surface area contributed by atoms with E-state index in [-0.39, 0.29) is 79.8 Å². The van der Waals surface area contributed by atoms with E-state index in [9.17, 15) is 9.59 Å². The molecule has 0 bridgehead atoms. The molecule has 0 aliphatic carbocycles. The van der Waals surface area contributed by atoms with E-state index in [1.54, 1.807) is 6.92 Å². The molecule has 0 rings (SSSR count). The van der Waals surface area contributed by atoms with Crippen LogP contribution in [0.2, 0.25) is 5.54 Å². The third kappa shape index (κ3) is 93.3. The second kappa shape index (κ2) is 56.3. The lowest BCUT2D eigenvalue weighted by Gasteiger charge is -1.90. The van der Waals surface area contributed by atoms with Crippen molar-refractivity contribution in [3.05, 3.63) is 24.5 Å². The lowest BCUT2D eigenvalue weighted by atomic mass is 10.3. The van der Waals surface area contributed by atoms with Crippen molar-refractivity contribution in [3.8, 4) is 18.0 Å². The SMILES string of the molecule is C.C.C.C.C.C.C#[SiH].C#[Si]C(C)C(C)=O.C#[Si]O/C(C)=C/C.C=CC(C)=O. The van der Waals surface area contributed by atoms with Gasteiger partial charge in [-0.1, -0.05) is 57.2 Å².